The molecule has 0 bridgehead atoms. The Labute approximate surface area is 90.1 Å². The fourth-order valence-electron chi connectivity index (χ4n) is 1.34. The van der Waals surface area contributed by atoms with Crippen molar-refractivity contribution in [2.24, 2.45) is 5.73 Å². The van der Waals surface area contributed by atoms with E-state index in [1.54, 1.807) is 6.20 Å². The zero-order valence-corrected chi connectivity index (χ0v) is 9.55. The van der Waals surface area contributed by atoms with Gasteiger partial charge in [0.1, 0.15) is 0 Å². The summed E-state index contributed by atoms with van der Waals surface area (Å²) >= 11 is 0. The average molecular weight is 231 g/mol. The Morgan fingerprint density at radius 2 is 2.33 bits per heavy atom. The van der Waals surface area contributed by atoms with E-state index in [1.165, 1.54) is 12.3 Å². The van der Waals surface area contributed by atoms with Crippen LogP contribution in [0.4, 0.5) is 0 Å². The van der Waals surface area contributed by atoms with Crippen LogP contribution in [-0.4, -0.2) is 26.0 Å². The van der Waals surface area contributed by atoms with E-state index in [1.807, 2.05) is 6.92 Å². The van der Waals surface area contributed by atoms with Crippen LogP contribution in [0.2, 0.25) is 0 Å². The first-order valence-corrected chi connectivity index (χ1v) is 6.43. The predicted octanol–water partition coefficient (Wildman–Crippen LogP) is 0.420. The van der Waals surface area contributed by atoms with Gasteiger partial charge in [0.05, 0.1) is 4.90 Å². The molecule has 0 aliphatic heterocycles. The molecular weight excluding hydrogens is 214 g/mol. The molecule has 0 saturated heterocycles. The summed E-state index contributed by atoms with van der Waals surface area (Å²) in [7, 11) is -3.41. The van der Waals surface area contributed by atoms with Crippen molar-refractivity contribution in [2.75, 3.05) is 6.54 Å². The fraction of sp³-hybridized carbons (Fsp3) is 0.556. The lowest BCUT2D eigenvalue weighted by Crippen LogP contribution is -2.39. The number of aromatic nitrogens is 1. The van der Waals surface area contributed by atoms with Crippen LogP contribution in [0.3, 0.4) is 0 Å². The van der Waals surface area contributed by atoms with Crippen LogP contribution in [-0.2, 0) is 10.0 Å². The van der Waals surface area contributed by atoms with Crippen LogP contribution in [0.15, 0.2) is 23.4 Å². The van der Waals surface area contributed by atoms with E-state index in [0.717, 1.165) is 12.8 Å². The zero-order chi connectivity index (χ0) is 11.3. The molecule has 1 unspecified atom stereocenters. The molecule has 1 heterocycles. The van der Waals surface area contributed by atoms with Crippen molar-refractivity contribution < 1.29 is 8.42 Å². The lowest BCUT2D eigenvalue weighted by Gasteiger charge is -2.15. The van der Waals surface area contributed by atoms with Gasteiger partial charge < -0.3 is 10.7 Å². The first kappa shape index (κ1) is 12.2. The van der Waals surface area contributed by atoms with Crippen molar-refractivity contribution in [3.8, 4) is 0 Å². The molecule has 0 saturated carbocycles. The van der Waals surface area contributed by atoms with Gasteiger partial charge in [-0.2, -0.15) is 0 Å². The van der Waals surface area contributed by atoms with Gasteiger partial charge in [0, 0.05) is 25.0 Å². The number of hydrogen-bond acceptors (Lipinski definition) is 3. The van der Waals surface area contributed by atoms with Crippen LogP contribution in [0.25, 0.3) is 0 Å². The molecule has 1 aromatic rings. The van der Waals surface area contributed by atoms with Gasteiger partial charge in [-0.15, -0.1) is 0 Å². The third-order valence-electron chi connectivity index (χ3n) is 2.12. The molecule has 0 aromatic carbocycles. The number of sulfonamides is 1. The molecule has 86 valence electrons. The largest absolute Gasteiger partial charge is 0.366 e. The molecule has 1 atom stereocenters. The fourth-order valence-corrected chi connectivity index (χ4v) is 2.60. The summed E-state index contributed by atoms with van der Waals surface area (Å²) in [5.41, 5.74) is 5.48. The summed E-state index contributed by atoms with van der Waals surface area (Å²) in [6.45, 7) is 2.31. The molecule has 0 amide bonds. The van der Waals surface area contributed by atoms with E-state index < -0.39 is 10.0 Å². The number of rotatable bonds is 6. The van der Waals surface area contributed by atoms with Gasteiger partial charge in [-0.1, -0.05) is 13.3 Å². The molecule has 1 rings (SSSR count). The van der Waals surface area contributed by atoms with Gasteiger partial charge in [0.2, 0.25) is 10.0 Å². The normalized spacial score (nSPS) is 14.0. The van der Waals surface area contributed by atoms with Gasteiger partial charge in [0.25, 0.3) is 0 Å². The van der Waals surface area contributed by atoms with Crippen LogP contribution in [0, 0.1) is 0 Å². The van der Waals surface area contributed by atoms with E-state index in [2.05, 4.69) is 9.71 Å². The highest BCUT2D eigenvalue weighted by atomic mass is 32.2. The van der Waals surface area contributed by atoms with Crippen molar-refractivity contribution >= 4 is 10.0 Å². The van der Waals surface area contributed by atoms with Crippen molar-refractivity contribution in [1.29, 1.82) is 0 Å². The monoisotopic (exact) mass is 231 g/mol. The summed E-state index contributed by atoms with van der Waals surface area (Å²) in [5.74, 6) is 0. The van der Waals surface area contributed by atoms with E-state index in [4.69, 9.17) is 5.73 Å². The third-order valence-corrected chi connectivity index (χ3v) is 3.64. The second-order valence-corrected chi connectivity index (χ2v) is 5.10. The Bertz CT molecular complexity index is 372. The van der Waals surface area contributed by atoms with Gasteiger partial charge in [0.15, 0.2) is 0 Å². The zero-order valence-electron chi connectivity index (χ0n) is 8.73. The van der Waals surface area contributed by atoms with E-state index in [0.29, 0.717) is 6.54 Å². The highest BCUT2D eigenvalue weighted by Gasteiger charge is 2.18. The van der Waals surface area contributed by atoms with Crippen LogP contribution >= 0.6 is 0 Å². The highest BCUT2D eigenvalue weighted by Crippen LogP contribution is 2.08. The standard InChI is InChI=1S/C9H17N3O2S/c1-2-3-8(6-10)12-15(13,14)9-4-5-11-7-9/h4-5,7-8,11-12H,2-3,6,10H2,1H3. The first-order valence-electron chi connectivity index (χ1n) is 4.95. The Morgan fingerprint density at radius 1 is 1.60 bits per heavy atom. The summed E-state index contributed by atoms with van der Waals surface area (Å²) < 4.78 is 26.1. The van der Waals surface area contributed by atoms with E-state index in [-0.39, 0.29) is 10.9 Å². The van der Waals surface area contributed by atoms with Crippen molar-refractivity contribution in [2.45, 2.75) is 30.7 Å². The molecule has 1 aromatic heterocycles. The maximum atomic E-state index is 11.8. The number of aromatic amines is 1. The van der Waals surface area contributed by atoms with Crippen molar-refractivity contribution in [1.82, 2.24) is 9.71 Å². The summed E-state index contributed by atoms with van der Waals surface area (Å²) in [6.07, 6.45) is 4.67. The Kier molecular flexibility index (Phi) is 4.31. The highest BCUT2D eigenvalue weighted by molar-refractivity contribution is 7.89. The smallest absolute Gasteiger partial charge is 0.242 e. The summed E-state index contributed by atoms with van der Waals surface area (Å²) in [6, 6.07) is 1.33. The lowest BCUT2D eigenvalue weighted by molar-refractivity contribution is 0.527. The van der Waals surface area contributed by atoms with Crippen LogP contribution < -0.4 is 10.5 Å². The minimum absolute atomic E-state index is 0.185. The van der Waals surface area contributed by atoms with Gasteiger partial charge in [-0.05, 0) is 12.5 Å². The topological polar surface area (TPSA) is 88.0 Å². The Balaban J connectivity index is 2.72. The number of H-pyrrole nitrogens is 1. The molecule has 0 spiro atoms. The SMILES string of the molecule is CCCC(CN)NS(=O)(=O)c1cc[nH]c1. The van der Waals surface area contributed by atoms with Gasteiger partial charge in [-0.3, -0.25) is 0 Å². The minimum atomic E-state index is -3.41. The first-order chi connectivity index (χ1) is 7.10. The maximum absolute atomic E-state index is 11.8. The van der Waals surface area contributed by atoms with Gasteiger partial charge in [-0.25, -0.2) is 13.1 Å². The molecule has 0 radical (unpaired) electrons. The van der Waals surface area contributed by atoms with Crippen LogP contribution in [0.5, 0.6) is 0 Å². The summed E-state index contributed by atoms with van der Waals surface area (Å²) in [4.78, 5) is 2.96. The number of nitrogens with one attached hydrogen (secondary N) is 2. The Morgan fingerprint density at radius 3 is 2.80 bits per heavy atom. The van der Waals surface area contributed by atoms with E-state index in [9.17, 15) is 8.42 Å². The second kappa shape index (κ2) is 5.29. The number of nitrogens with two attached hydrogens (primary N) is 1. The molecule has 5 nitrogen and oxygen atoms in total. The van der Waals surface area contributed by atoms with Crippen molar-refractivity contribution in [3.63, 3.8) is 0 Å². The maximum Gasteiger partial charge on any atom is 0.242 e. The number of hydrogen-bond donors (Lipinski definition) is 3. The minimum Gasteiger partial charge on any atom is -0.366 e. The van der Waals surface area contributed by atoms with E-state index >= 15 is 0 Å². The average Bonchev–Trinajstić information content (AvgIpc) is 2.70. The second-order valence-electron chi connectivity index (χ2n) is 3.39. The Hall–Kier alpha value is -0.850. The third kappa shape index (κ3) is 3.33. The molecule has 15 heavy (non-hydrogen) atoms. The lowest BCUT2D eigenvalue weighted by atomic mass is 10.2. The van der Waals surface area contributed by atoms with Gasteiger partial charge >= 0.3 is 0 Å². The molecule has 4 N–H and O–H groups in total. The van der Waals surface area contributed by atoms with Crippen LogP contribution in [0.1, 0.15) is 19.8 Å². The molecule has 6 heteroatoms. The summed E-state index contributed by atoms with van der Waals surface area (Å²) in [5, 5.41) is 0. The molecular formula is C9H17N3O2S. The quantitative estimate of drug-likeness (QED) is 0.663. The molecule has 0 aliphatic rings. The predicted molar refractivity (Wildman–Crippen MR) is 58.9 cm³/mol. The molecule has 0 fully saturated rings. The van der Waals surface area contributed by atoms with Crippen molar-refractivity contribution in [3.05, 3.63) is 18.5 Å². The molecule has 0 aliphatic carbocycles.